The van der Waals surface area contributed by atoms with Crippen molar-refractivity contribution in [3.63, 3.8) is 0 Å². The SMILES string of the molecule is Cc1cccc(C(O)CNc2cc[nH]c(=O)c2-c2nc3c(C)cc(N4CCC(N5CCN(C(=O)N6CCOCC6)CC5)CC4)cc3[nH]2)c1. The van der Waals surface area contributed by atoms with Crippen LogP contribution in [-0.2, 0) is 4.74 Å². The molecule has 4 N–H and O–H groups in total. The maximum absolute atomic E-state index is 13.1. The van der Waals surface area contributed by atoms with Crippen LogP contribution in [0.15, 0.2) is 53.5 Å². The lowest BCUT2D eigenvalue weighted by Gasteiger charge is -2.44. The second kappa shape index (κ2) is 14.0. The zero-order valence-corrected chi connectivity index (χ0v) is 27.9. The zero-order chi connectivity index (χ0) is 33.2. The van der Waals surface area contributed by atoms with Crippen LogP contribution in [0.1, 0.15) is 35.6 Å². The molecular weight excluding hydrogens is 608 g/mol. The molecule has 2 amide bonds. The smallest absolute Gasteiger partial charge is 0.320 e. The largest absolute Gasteiger partial charge is 0.387 e. The number of piperazine rings is 1. The Hall–Kier alpha value is -4.39. The predicted octanol–water partition coefficient (Wildman–Crippen LogP) is 3.72. The van der Waals surface area contributed by atoms with E-state index in [-0.39, 0.29) is 18.1 Å². The highest BCUT2D eigenvalue weighted by atomic mass is 16.5. The van der Waals surface area contributed by atoms with Gasteiger partial charge in [-0.05, 0) is 56.0 Å². The number of aliphatic hydroxyl groups is 1. The summed E-state index contributed by atoms with van der Waals surface area (Å²) in [6, 6.07) is 14.6. The Bertz CT molecular complexity index is 1800. The van der Waals surface area contributed by atoms with E-state index in [1.54, 1.807) is 12.3 Å². The highest BCUT2D eigenvalue weighted by molar-refractivity contribution is 5.87. The molecule has 1 atom stereocenters. The molecule has 3 aliphatic heterocycles. The van der Waals surface area contributed by atoms with Crippen molar-refractivity contribution >= 4 is 28.4 Å². The van der Waals surface area contributed by atoms with Gasteiger partial charge in [-0.25, -0.2) is 9.78 Å². The molecular formula is C36H46N8O4. The quantitative estimate of drug-likeness (QED) is 0.237. The van der Waals surface area contributed by atoms with Gasteiger partial charge in [0.05, 0.1) is 36.0 Å². The minimum atomic E-state index is -0.726. The number of piperidine rings is 1. The van der Waals surface area contributed by atoms with Crippen LogP contribution in [0.3, 0.4) is 0 Å². The van der Waals surface area contributed by atoms with Crippen LogP contribution < -0.4 is 15.8 Å². The minimum absolute atomic E-state index is 0.154. The van der Waals surface area contributed by atoms with Gasteiger partial charge in [-0.1, -0.05) is 29.8 Å². The number of ether oxygens (including phenoxy) is 1. The van der Waals surface area contributed by atoms with Crippen LogP contribution in [-0.4, -0.2) is 119 Å². The van der Waals surface area contributed by atoms with Gasteiger partial charge in [0, 0.05) is 76.8 Å². The number of amides is 2. The molecule has 0 spiro atoms. The van der Waals surface area contributed by atoms with Gasteiger partial charge < -0.3 is 39.8 Å². The van der Waals surface area contributed by atoms with Crippen molar-refractivity contribution in [1.29, 1.82) is 0 Å². The first-order valence-electron chi connectivity index (χ1n) is 17.2. The van der Waals surface area contributed by atoms with Gasteiger partial charge in [-0.2, -0.15) is 0 Å². The topological polar surface area (TPSA) is 133 Å². The van der Waals surface area contributed by atoms with Crippen LogP contribution in [0, 0.1) is 13.8 Å². The Morgan fingerprint density at radius 2 is 1.75 bits per heavy atom. The molecule has 5 heterocycles. The number of fused-ring (bicyclic) bond motifs is 1. The molecule has 3 aliphatic rings. The van der Waals surface area contributed by atoms with E-state index < -0.39 is 6.10 Å². The summed E-state index contributed by atoms with van der Waals surface area (Å²) in [7, 11) is 0. The molecule has 1 unspecified atom stereocenters. The number of aliphatic hydroxyl groups excluding tert-OH is 1. The number of nitrogens with zero attached hydrogens (tertiary/aromatic N) is 5. The highest BCUT2D eigenvalue weighted by Gasteiger charge is 2.31. The van der Waals surface area contributed by atoms with Gasteiger partial charge >= 0.3 is 6.03 Å². The van der Waals surface area contributed by atoms with E-state index in [2.05, 4.69) is 44.1 Å². The molecule has 48 heavy (non-hydrogen) atoms. The van der Waals surface area contributed by atoms with Gasteiger partial charge in [-0.15, -0.1) is 0 Å². The maximum atomic E-state index is 13.1. The molecule has 12 nitrogen and oxygen atoms in total. The second-order valence-corrected chi connectivity index (χ2v) is 13.3. The highest BCUT2D eigenvalue weighted by Crippen LogP contribution is 2.31. The number of nitrogens with one attached hydrogen (secondary N) is 3. The third-order valence-electron chi connectivity index (χ3n) is 10.1. The van der Waals surface area contributed by atoms with E-state index in [4.69, 9.17) is 9.72 Å². The number of pyridine rings is 1. The number of morpholine rings is 1. The van der Waals surface area contributed by atoms with Crippen molar-refractivity contribution < 1.29 is 14.6 Å². The first-order chi connectivity index (χ1) is 23.3. The van der Waals surface area contributed by atoms with Crippen LogP contribution in [0.25, 0.3) is 22.4 Å². The number of aromatic amines is 2. The summed E-state index contributed by atoms with van der Waals surface area (Å²) in [5.74, 6) is 0.490. The van der Waals surface area contributed by atoms with E-state index in [9.17, 15) is 14.7 Å². The number of H-pyrrole nitrogens is 2. The number of aryl methyl sites for hydroxylation is 2. The molecule has 0 radical (unpaired) electrons. The van der Waals surface area contributed by atoms with Gasteiger partial charge in [0.25, 0.3) is 5.56 Å². The number of benzene rings is 2. The number of hydrogen-bond donors (Lipinski definition) is 4. The number of aromatic nitrogens is 3. The summed E-state index contributed by atoms with van der Waals surface area (Å²) < 4.78 is 5.41. The predicted molar refractivity (Wildman–Crippen MR) is 188 cm³/mol. The monoisotopic (exact) mass is 654 g/mol. The summed E-state index contributed by atoms with van der Waals surface area (Å²) in [6.45, 7) is 12.3. The van der Waals surface area contributed by atoms with Crippen molar-refractivity contribution in [3.8, 4) is 11.4 Å². The van der Waals surface area contributed by atoms with Crippen molar-refractivity contribution in [3.05, 3.63) is 75.7 Å². The zero-order valence-electron chi connectivity index (χ0n) is 27.9. The Morgan fingerprint density at radius 3 is 2.50 bits per heavy atom. The lowest BCUT2D eigenvalue weighted by molar-refractivity contribution is 0.0335. The summed E-state index contributed by atoms with van der Waals surface area (Å²) in [5, 5.41) is 14.1. The molecule has 7 rings (SSSR count). The van der Waals surface area contributed by atoms with Gasteiger partial charge in [0.1, 0.15) is 11.4 Å². The van der Waals surface area contributed by atoms with Gasteiger partial charge in [-0.3, -0.25) is 9.69 Å². The molecule has 2 aromatic heterocycles. The Kier molecular flexibility index (Phi) is 9.38. The maximum Gasteiger partial charge on any atom is 0.320 e. The third kappa shape index (κ3) is 6.78. The summed E-state index contributed by atoms with van der Waals surface area (Å²) >= 11 is 0. The van der Waals surface area contributed by atoms with Crippen LogP contribution in [0.5, 0.6) is 0 Å². The third-order valence-corrected chi connectivity index (χ3v) is 10.1. The molecule has 3 saturated heterocycles. The van der Waals surface area contributed by atoms with E-state index in [1.165, 1.54) is 0 Å². The Labute approximate surface area is 280 Å². The molecule has 4 aromatic rings. The Balaban J connectivity index is 0.997. The first kappa shape index (κ1) is 32.2. The van der Waals surface area contributed by atoms with Crippen molar-refractivity contribution in [1.82, 2.24) is 29.7 Å². The summed E-state index contributed by atoms with van der Waals surface area (Å²) in [6.07, 6.45) is 3.03. The number of carbonyl (C=O) groups excluding carboxylic acids is 1. The van der Waals surface area contributed by atoms with Crippen molar-refractivity contribution in [2.75, 3.05) is 82.3 Å². The number of carbonyl (C=O) groups is 1. The lowest BCUT2D eigenvalue weighted by Crippen LogP contribution is -2.57. The number of urea groups is 1. The normalized spacial score (nSPS) is 18.8. The summed E-state index contributed by atoms with van der Waals surface area (Å²) in [5.41, 5.74) is 6.59. The second-order valence-electron chi connectivity index (χ2n) is 13.3. The van der Waals surface area contributed by atoms with E-state index in [1.807, 2.05) is 41.0 Å². The lowest BCUT2D eigenvalue weighted by atomic mass is 10.0. The fourth-order valence-electron chi connectivity index (χ4n) is 7.36. The van der Waals surface area contributed by atoms with Gasteiger partial charge in [0.15, 0.2) is 0 Å². The van der Waals surface area contributed by atoms with Crippen LogP contribution in [0.4, 0.5) is 16.2 Å². The van der Waals surface area contributed by atoms with Crippen molar-refractivity contribution in [2.24, 2.45) is 0 Å². The molecule has 0 aliphatic carbocycles. The number of anilines is 2. The minimum Gasteiger partial charge on any atom is -0.387 e. The van der Waals surface area contributed by atoms with Crippen LogP contribution >= 0.6 is 0 Å². The number of rotatable bonds is 7. The summed E-state index contributed by atoms with van der Waals surface area (Å²) in [4.78, 5) is 46.0. The average molecular weight is 655 g/mol. The fourth-order valence-corrected chi connectivity index (χ4v) is 7.36. The number of hydrogen-bond acceptors (Lipinski definition) is 8. The molecule has 0 bridgehead atoms. The Morgan fingerprint density at radius 1 is 1.00 bits per heavy atom. The van der Waals surface area contributed by atoms with Crippen molar-refractivity contribution in [2.45, 2.75) is 38.8 Å². The van der Waals surface area contributed by atoms with E-state index in [0.717, 1.165) is 85.5 Å². The van der Waals surface area contributed by atoms with E-state index in [0.29, 0.717) is 49.4 Å². The molecule has 254 valence electrons. The van der Waals surface area contributed by atoms with E-state index >= 15 is 0 Å². The molecule has 0 saturated carbocycles. The number of imidazole rings is 1. The van der Waals surface area contributed by atoms with Gasteiger partial charge in [0.2, 0.25) is 0 Å². The molecule has 3 fully saturated rings. The van der Waals surface area contributed by atoms with Crippen LogP contribution in [0.2, 0.25) is 0 Å². The average Bonchev–Trinajstić information content (AvgIpc) is 3.55. The molecule has 2 aromatic carbocycles. The standard InChI is InChI=1S/C36H46N8O4/c1-24-4-3-5-26(20-24)31(45)23-38-29-6-9-37-35(46)32(29)34-39-30-22-28(21-25(2)33(30)40-34)41-10-7-27(8-11-41)42-12-14-43(15-13-42)36(47)44-16-18-48-19-17-44/h3-6,9,20-22,27,31,45H,7-8,10-19,23H2,1-2H3,(H,39,40)(H2,37,38,46). The molecule has 12 heteroatoms. The first-order valence-corrected chi connectivity index (χ1v) is 17.2. The fraction of sp³-hybridized carbons (Fsp3) is 0.472.